The van der Waals surface area contributed by atoms with Crippen LogP contribution in [0, 0.1) is 5.82 Å². The van der Waals surface area contributed by atoms with Gasteiger partial charge in [-0.2, -0.15) is 0 Å². The average Bonchev–Trinajstić information content (AvgIpc) is 2.73. The van der Waals surface area contributed by atoms with Crippen LogP contribution in [0.3, 0.4) is 0 Å². The van der Waals surface area contributed by atoms with Crippen molar-refractivity contribution in [3.8, 4) is 22.6 Å². The van der Waals surface area contributed by atoms with E-state index < -0.39 is 18.1 Å². The van der Waals surface area contributed by atoms with E-state index in [0.717, 1.165) is 27.8 Å². The molecule has 0 saturated heterocycles. The molecule has 4 rings (SSSR count). The molecule has 0 aromatic heterocycles. The first-order chi connectivity index (χ1) is 16.3. The summed E-state index contributed by atoms with van der Waals surface area (Å²) in [5.41, 5.74) is 4.27. The van der Waals surface area contributed by atoms with Crippen LogP contribution >= 0.6 is 0 Å². The molecule has 35 heavy (non-hydrogen) atoms. The Morgan fingerprint density at radius 2 is 1.69 bits per heavy atom. The van der Waals surface area contributed by atoms with Crippen molar-refractivity contribution in [3.05, 3.63) is 82.7 Å². The normalized spacial score (nSPS) is 17.1. The minimum Gasteiger partial charge on any atom is -0.487 e. The lowest BCUT2D eigenvalue weighted by Crippen LogP contribution is -2.35. The molecule has 0 unspecified atom stereocenters. The zero-order chi connectivity index (χ0) is 25.5. The molecule has 1 atom stereocenters. The highest BCUT2D eigenvalue weighted by Crippen LogP contribution is 2.48. The SMILES string of the molecule is CC(C)c1cc2c(c(-c3ccc(F)cc3)c1Cc1ccc(OC(F)(F)F)cc1)[C@@H](O)CC(C)(C)O2. The smallest absolute Gasteiger partial charge is 0.487 e. The van der Waals surface area contributed by atoms with Crippen LogP contribution in [0.25, 0.3) is 11.1 Å². The number of fused-ring (bicyclic) bond motifs is 1. The summed E-state index contributed by atoms with van der Waals surface area (Å²) in [6.45, 7) is 7.93. The van der Waals surface area contributed by atoms with Crippen molar-refractivity contribution < 1.29 is 32.1 Å². The van der Waals surface area contributed by atoms with Crippen molar-refractivity contribution in [2.45, 2.75) is 64.5 Å². The molecular formula is C28H28F4O3. The minimum atomic E-state index is -4.76. The molecule has 0 saturated carbocycles. The van der Waals surface area contributed by atoms with Crippen molar-refractivity contribution in [1.82, 2.24) is 0 Å². The molecule has 0 spiro atoms. The van der Waals surface area contributed by atoms with E-state index in [1.807, 2.05) is 33.8 Å². The topological polar surface area (TPSA) is 38.7 Å². The summed E-state index contributed by atoms with van der Waals surface area (Å²) in [5, 5.41) is 11.2. The van der Waals surface area contributed by atoms with Crippen LogP contribution in [-0.2, 0) is 6.42 Å². The maximum Gasteiger partial charge on any atom is 0.573 e. The van der Waals surface area contributed by atoms with Gasteiger partial charge in [0.15, 0.2) is 0 Å². The Balaban J connectivity index is 1.88. The lowest BCUT2D eigenvalue weighted by Gasteiger charge is -2.38. The van der Waals surface area contributed by atoms with E-state index in [9.17, 15) is 22.7 Å². The van der Waals surface area contributed by atoms with Gasteiger partial charge in [-0.3, -0.25) is 0 Å². The van der Waals surface area contributed by atoms with E-state index in [4.69, 9.17) is 4.74 Å². The fraction of sp³-hybridized carbons (Fsp3) is 0.357. The van der Waals surface area contributed by atoms with E-state index in [-0.39, 0.29) is 17.5 Å². The average molecular weight is 489 g/mol. The van der Waals surface area contributed by atoms with Gasteiger partial charge in [-0.25, -0.2) is 4.39 Å². The Labute approximate surface area is 202 Å². The molecule has 1 aliphatic heterocycles. The Kier molecular flexibility index (Phi) is 6.58. The number of alkyl halides is 3. The van der Waals surface area contributed by atoms with Gasteiger partial charge in [-0.1, -0.05) is 38.1 Å². The predicted octanol–water partition coefficient (Wildman–Crippen LogP) is 7.70. The van der Waals surface area contributed by atoms with Crippen LogP contribution in [0.15, 0.2) is 54.6 Å². The summed E-state index contributed by atoms with van der Waals surface area (Å²) in [4.78, 5) is 0. The summed E-state index contributed by atoms with van der Waals surface area (Å²) in [7, 11) is 0. The van der Waals surface area contributed by atoms with Gasteiger partial charge in [0.2, 0.25) is 0 Å². The van der Waals surface area contributed by atoms with Gasteiger partial charge < -0.3 is 14.6 Å². The third-order valence-corrected chi connectivity index (χ3v) is 6.17. The molecular weight excluding hydrogens is 460 g/mol. The van der Waals surface area contributed by atoms with Gasteiger partial charge in [0.25, 0.3) is 0 Å². The van der Waals surface area contributed by atoms with Crippen LogP contribution in [0.1, 0.15) is 68.4 Å². The number of aliphatic hydroxyl groups is 1. The minimum absolute atomic E-state index is 0.0908. The highest BCUT2D eigenvalue weighted by atomic mass is 19.4. The second-order valence-corrected chi connectivity index (χ2v) is 9.84. The van der Waals surface area contributed by atoms with E-state index in [0.29, 0.717) is 24.2 Å². The van der Waals surface area contributed by atoms with E-state index in [1.165, 1.54) is 24.3 Å². The highest BCUT2D eigenvalue weighted by Gasteiger charge is 2.37. The third kappa shape index (κ3) is 5.61. The molecule has 0 radical (unpaired) electrons. The molecule has 1 aliphatic rings. The number of hydrogen-bond donors (Lipinski definition) is 1. The lowest BCUT2D eigenvalue weighted by molar-refractivity contribution is -0.274. The Morgan fingerprint density at radius 3 is 2.26 bits per heavy atom. The largest absolute Gasteiger partial charge is 0.573 e. The number of aliphatic hydroxyl groups excluding tert-OH is 1. The fourth-order valence-corrected chi connectivity index (χ4v) is 4.72. The molecule has 7 heteroatoms. The second kappa shape index (κ2) is 9.19. The number of benzene rings is 3. The maximum absolute atomic E-state index is 13.8. The standard InChI is InChI=1S/C28H28F4O3/c1-16(2)21-14-24-26(23(33)15-27(3,4)35-24)25(18-7-9-19(29)10-8-18)22(21)13-17-5-11-20(12-6-17)34-28(30,31)32/h5-12,14,16,23,33H,13,15H2,1-4H3/t23-/m0/s1. The summed E-state index contributed by atoms with van der Waals surface area (Å²) < 4.78 is 61.7. The van der Waals surface area contributed by atoms with E-state index in [1.54, 1.807) is 24.3 Å². The number of halogens is 4. The van der Waals surface area contributed by atoms with Gasteiger partial charge in [0.1, 0.15) is 22.9 Å². The highest BCUT2D eigenvalue weighted by molar-refractivity contribution is 5.77. The molecule has 186 valence electrons. The van der Waals surface area contributed by atoms with Crippen LogP contribution in [0.5, 0.6) is 11.5 Å². The second-order valence-electron chi connectivity index (χ2n) is 9.84. The first kappa shape index (κ1) is 25.0. The number of rotatable bonds is 5. The Hall–Kier alpha value is -3.06. The first-order valence-corrected chi connectivity index (χ1v) is 11.5. The van der Waals surface area contributed by atoms with E-state index >= 15 is 0 Å². The molecule has 1 N–H and O–H groups in total. The molecule has 1 heterocycles. The molecule has 0 bridgehead atoms. The maximum atomic E-state index is 13.8. The zero-order valence-electron chi connectivity index (χ0n) is 20.0. The fourth-order valence-electron chi connectivity index (χ4n) is 4.72. The number of hydrogen-bond acceptors (Lipinski definition) is 3. The van der Waals surface area contributed by atoms with Gasteiger partial charge >= 0.3 is 6.36 Å². The van der Waals surface area contributed by atoms with Crippen LogP contribution in [-0.4, -0.2) is 17.1 Å². The first-order valence-electron chi connectivity index (χ1n) is 11.5. The van der Waals surface area contributed by atoms with Crippen LogP contribution in [0.2, 0.25) is 0 Å². The Morgan fingerprint density at radius 1 is 1.06 bits per heavy atom. The van der Waals surface area contributed by atoms with E-state index in [2.05, 4.69) is 4.74 Å². The summed E-state index contributed by atoms with van der Waals surface area (Å²) in [6.07, 6.45) is -4.77. The quantitative estimate of drug-likeness (QED) is 0.374. The molecule has 3 aromatic carbocycles. The summed E-state index contributed by atoms with van der Waals surface area (Å²) >= 11 is 0. The van der Waals surface area contributed by atoms with Crippen LogP contribution < -0.4 is 9.47 Å². The van der Waals surface area contributed by atoms with Gasteiger partial charge in [0.05, 0.1) is 6.10 Å². The van der Waals surface area contributed by atoms with Crippen molar-refractivity contribution in [3.63, 3.8) is 0 Å². The monoisotopic (exact) mass is 488 g/mol. The van der Waals surface area contributed by atoms with Crippen molar-refractivity contribution in [1.29, 1.82) is 0 Å². The van der Waals surface area contributed by atoms with Gasteiger partial charge in [-0.15, -0.1) is 13.2 Å². The van der Waals surface area contributed by atoms with Crippen molar-refractivity contribution in [2.75, 3.05) is 0 Å². The molecule has 3 nitrogen and oxygen atoms in total. The molecule has 0 aliphatic carbocycles. The van der Waals surface area contributed by atoms with Crippen molar-refractivity contribution >= 4 is 0 Å². The number of ether oxygens (including phenoxy) is 2. The van der Waals surface area contributed by atoms with Gasteiger partial charge in [-0.05, 0) is 84.3 Å². The van der Waals surface area contributed by atoms with Crippen molar-refractivity contribution in [2.24, 2.45) is 0 Å². The summed E-state index contributed by atoms with van der Waals surface area (Å²) in [6, 6.07) is 13.8. The zero-order valence-corrected chi connectivity index (χ0v) is 20.0. The summed E-state index contributed by atoms with van der Waals surface area (Å²) in [5.74, 6) is 0.0190. The van der Waals surface area contributed by atoms with Crippen LogP contribution in [0.4, 0.5) is 17.6 Å². The third-order valence-electron chi connectivity index (χ3n) is 6.17. The molecule has 3 aromatic rings. The predicted molar refractivity (Wildman–Crippen MR) is 126 cm³/mol. The molecule has 0 amide bonds. The lowest BCUT2D eigenvalue weighted by atomic mass is 9.79. The Bertz CT molecular complexity index is 1200. The van der Waals surface area contributed by atoms with Gasteiger partial charge in [0, 0.05) is 12.0 Å². The molecule has 0 fully saturated rings.